The molecule has 0 heterocycles. The van der Waals surface area contributed by atoms with Gasteiger partial charge in [0.25, 0.3) is 5.91 Å². The van der Waals surface area contributed by atoms with Crippen LogP contribution in [0.2, 0.25) is 5.02 Å². The molecule has 3 aromatic rings. The Morgan fingerprint density at radius 2 is 1.89 bits per heavy atom. The smallest absolute Gasteiger partial charge is 0.260 e. The number of rotatable bonds is 10. The minimum Gasteiger partial charge on any atom is -0.493 e. The third kappa shape index (κ3) is 7.46. The van der Waals surface area contributed by atoms with Crippen molar-refractivity contribution in [3.63, 3.8) is 0 Å². The third-order valence-corrected chi connectivity index (χ3v) is 7.15. The summed E-state index contributed by atoms with van der Waals surface area (Å²) in [5.74, 6) is 0.387. The zero-order valence-electron chi connectivity index (χ0n) is 19.9. The number of hydrogen-bond donors (Lipinski definition) is 1. The van der Waals surface area contributed by atoms with Gasteiger partial charge in [0.05, 0.1) is 29.7 Å². The van der Waals surface area contributed by atoms with Crippen LogP contribution in [-0.2, 0) is 21.4 Å². The van der Waals surface area contributed by atoms with Crippen LogP contribution in [-0.4, -0.2) is 40.4 Å². The lowest BCUT2D eigenvalue weighted by molar-refractivity contribution is -0.119. The third-order valence-electron chi connectivity index (χ3n) is 5.01. The minimum absolute atomic E-state index is 0.284. The summed E-state index contributed by atoms with van der Waals surface area (Å²) < 4.78 is 37.5. The first-order chi connectivity index (χ1) is 17.1. The highest BCUT2D eigenvalue weighted by atomic mass is 79.9. The number of hydrogen-bond acceptors (Lipinski definition) is 6. The van der Waals surface area contributed by atoms with E-state index in [0.29, 0.717) is 33.2 Å². The first-order valence-corrected chi connectivity index (χ1v) is 13.7. The number of ether oxygens (including phenoxy) is 2. The SMILES string of the molecule is COc1cc(/C=N\NC(=O)CN(c2ccc(C)c(Cl)c2)S(C)(=O)=O)cc(Br)c1OCc1ccccc1. The summed E-state index contributed by atoms with van der Waals surface area (Å²) in [4.78, 5) is 12.5. The van der Waals surface area contributed by atoms with Crippen molar-refractivity contribution in [2.75, 3.05) is 24.2 Å². The molecule has 0 aliphatic rings. The van der Waals surface area contributed by atoms with Gasteiger partial charge in [0, 0.05) is 5.02 Å². The van der Waals surface area contributed by atoms with Crippen LogP contribution >= 0.6 is 27.5 Å². The minimum atomic E-state index is -3.74. The Labute approximate surface area is 224 Å². The predicted molar refractivity (Wildman–Crippen MR) is 146 cm³/mol. The molecule has 11 heteroatoms. The predicted octanol–water partition coefficient (Wildman–Crippen LogP) is 4.91. The van der Waals surface area contributed by atoms with Crippen LogP contribution in [0, 0.1) is 6.92 Å². The average Bonchev–Trinajstić information content (AvgIpc) is 2.83. The fourth-order valence-corrected chi connectivity index (χ4v) is 4.76. The standard InChI is InChI=1S/C25H25BrClN3O5S/c1-17-9-10-20(13-22(17)27)30(36(3,32)33)15-24(31)29-28-14-19-11-21(26)25(23(12-19)34-2)35-16-18-7-5-4-6-8-18/h4-14H,15-16H2,1-3H3,(H,29,31)/b28-14-. The molecular formula is C25H25BrClN3O5S. The van der Waals surface area contributed by atoms with E-state index in [2.05, 4.69) is 26.5 Å². The second-order valence-electron chi connectivity index (χ2n) is 7.80. The van der Waals surface area contributed by atoms with Gasteiger partial charge in [-0.25, -0.2) is 13.8 Å². The maximum absolute atomic E-state index is 12.5. The average molecular weight is 595 g/mol. The monoisotopic (exact) mass is 593 g/mol. The van der Waals surface area contributed by atoms with Crippen molar-refractivity contribution in [1.29, 1.82) is 0 Å². The highest BCUT2D eigenvalue weighted by Gasteiger charge is 2.21. The molecule has 0 atom stereocenters. The van der Waals surface area contributed by atoms with Crippen LogP contribution < -0.4 is 19.2 Å². The van der Waals surface area contributed by atoms with Crippen LogP contribution in [0.5, 0.6) is 11.5 Å². The van der Waals surface area contributed by atoms with Gasteiger partial charge in [-0.1, -0.05) is 48.0 Å². The Balaban J connectivity index is 1.68. The van der Waals surface area contributed by atoms with Crippen LogP contribution in [0.15, 0.2) is 70.2 Å². The van der Waals surface area contributed by atoms with E-state index in [1.807, 2.05) is 30.3 Å². The number of nitrogens with zero attached hydrogens (tertiary/aromatic N) is 2. The number of amides is 1. The number of methoxy groups -OCH3 is 1. The lowest BCUT2D eigenvalue weighted by atomic mass is 10.2. The van der Waals surface area contributed by atoms with E-state index in [1.165, 1.54) is 19.4 Å². The number of aryl methyl sites for hydroxylation is 1. The number of nitrogens with one attached hydrogen (secondary N) is 1. The molecule has 3 aromatic carbocycles. The molecular weight excluding hydrogens is 570 g/mol. The van der Waals surface area contributed by atoms with Crippen molar-refractivity contribution >= 4 is 55.4 Å². The van der Waals surface area contributed by atoms with Gasteiger partial charge < -0.3 is 9.47 Å². The lowest BCUT2D eigenvalue weighted by Crippen LogP contribution is -2.39. The fourth-order valence-electron chi connectivity index (χ4n) is 3.17. The number of carbonyl (C=O) groups excluding carboxylic acids is 1. The molecule has 0 aromatic heterocycles. The van der Waals surface area contributed by atoms with E-state index >= 15 is 0 Å². The number of carbonyl (C=O) groups is 1. The van der Waals surface area contributed by atoms with Crippen molar-refractivity contribution in [2.45, 2.75) is 13.5 Å². The number of sulfonamides is 1. The number of benzene rings is 3. The molecule has 0 aliphatic heterocycles. The van der Waals surface area contributed by atoms with Gasteiger partial charge in [-0.3, -0.25) is 9.10 Å². The Morgan fingerprint density at radius 3 is 2.53 bits per heavy atom. The highest BCUT2D eigenvalue weighted by molar-refractivity contribution is 9.10. The van der Waals surface area contributed by atoms with E-state index in [9.17, 15) is 13.2 Å². The summed E-state index contributed by atoms with van der Waals surface area (Å²) in [7, 11) is -2.21. The molecule has 0 saturated heterocycles. The van der Waals surface area contributed by atoms with Crippen LogP contribution in [0.4, 0.5) is 5.69 Å². The quantitative estimate of drug-likeness (QED) is 0.266. The summed E-state index contributed by atoms with van der Waals surface area (Å²) in [5, 5.41) is 4.35. The molecule has 0 aliphatic carbocycles. The van der Waals surface area contributed by atoms with Crippen molar-refractivity contribution < 1.29 is 22.7 Å². The molecule has 0 radical (unpaired) electrons. The number of halogens is 2. The van der Waals surface area contributed by atoms with Gasteiger partial charge >= 0.3 is 0 Å². The summed E-state index contributed by atoms with van der Waals surface area (Å²) in [6, 6.07) is 18.0. The van der Waals surface area contributed by atoms with Gasteiger partial charge in [-0.05, 0) is 63.8 Å². The molecule has 0 fully saturated rings. The van der Waals surface area contributed by atoms with Crippen LogP contribution in [0.1, 0.15) is 16.7 Å². The van der Waals surface area contributed by atoms with E-state index in [0.717, 1.165) is 21.7 Å². The second kappa shape index (κ2) is 12.2. The molecule has 0 bridgehead atoms. The van der Waals surface area contributed by atoms with Crippen molar-refractivity contribution in [1.82, 2.24) is 5.43 Å². The Bertz CT molecular complexity index is 1370. The number of anilines is 1. The Kier molecular flexibility index (Phi) is 9.36. The molecule has 0 spiro atoms. The van der Waals surface area contributed by atoms with E-state index < -0.39 is 22.5 Å². The van der Waals surface area contributed by atoms with Gasteiger partial charge in [-0.2, -0.15) is 5.10 Å². The van der Waals surface area contributed by atoms with Crippen molar-refractivity contribution in [3.05, 3.63) is 86.8 Å². The van der Waals surface area contributed by atoms with Gasteiger partial charge in [0.15, 0.2) is 11.5 Å². The van der Waals surface area contributed by atoms with Crippen LogP contribution in [0.3, 0.4) is 0 Å². The van der Waals surface area contributed by atoms with Gasteiger partial charge in [-0.15, -0.1) is 0 Å². The molecule has 190 valence electrons. The summed E-state index contributed by atoms with van der Waals surface area (Å²) >= 11 is 9.61. The molecule has 0 saturated carbocycles. The normalized spacial score (nSPS) is 11.4. The van der Waals surface area contributed by atoms with Crippen molar-refractivity contribution in [3.8, 4) is 11.5 Å². The largest absolute Gasteiger partial charge is 0.493 e. The number of hydrazone groups is 1. The summed E-state index contributed by atoms with van der Waals surface area (Å²) in [6.45, 7) is 1.70. The fraction of sp³-hybridized carbons (Fsp3) is 0.200. The molecule has 36 heavy (non-hydrogen) atoms. The van der Waals surface area contributed by atoms with Gasteiger partial charge in [0.1, 0.15) is 13.2 Å². The Hall–Kier alpha value is -3.08. The highest BCUT2D eigenvalue weighted by Crippen LogP contribution is 2.36. The maximum Gasteiger partial charge on any atom is 0.260 e. The summed E-state index contributed by atoms with van der Waals surface area (Å²) in [6.07, 6.45) is 2.43. The van der Waals surface area contributed by atoms with E-state index in [1.54, 1.807) is 31.2 Å². The Morgan fingerprint density at radius 1 is 1.17 bits per heavy atom. The van der Waals surface area contributed by atoms with E-state index in [-0.39, 0.29) is 5.69 Å². The zero-order valence-corrected chi connectivity index (χ0v) is 23.0. The van der Waals surface area contributed by atoms with E-state index in [4.69, 9.17) is 21.1 Å². The zero-order chi connectivity index (χ0) is 26.3. The molecule has 0 unspecified atom stereocenters. The van der Waals surface area contributed by atoms with Crippen LogP contribution in [0.25, 0.3) is 0 Å². The van der Waals surface area contributed by atoms with Crippen molar-refractivity contribution in [2.24, 2.45) is 5.10 Å². The first kappa shape index (κ1) is 27.5. The summed E-state index contributed by atoms with van der Waals surface area (Å²) in [5.41, 5.74) is 5.06. The molecule has 3 rings (SSSR count). The second-order valence-corrected chi connectivity index (χ2v) is 11.0. The molecule has 8 nitrogen and oxygen atoms in total. The van der Waals surface area contributed by atoms with Gasteiger partial charge in [0.2, 0.25) is 10.0 Å². The topological polar surface area (TPSA) is 97.3 Å². The maximum atomic E-state index is 12.5. The molecule has 1 N–H and O–H groups in total. The first-order valence-electron chi connectivity index (χ1n) is 10.7. The lowest BCUT2D eigenvalue weighted by Gasteiger charge is -2.21. The molecule has 1 amide bonds.